The van der Waals surface area contributed by atoms with Crippen LogP contribution in [0.4, 0.5) is 10.1 Å². The SMILES string of the molecule is COC(=O)C1CCC2C(=O)N(CCCC(=O)N3CCN(c4ccccc4F)CC3)C(=S)NC2C1. The van der Waals surface area contributed by atoms with E-state index in [-0.39, 0.29) is 41.5 Å². The molecule has 4 rings (SSSR count). The molecule has 3 atom stereocenters. The summed E-state index contributed by atoms with van der Waals surface area (Å²) in [6.07, 6.45) is 2.61. The van der Waals surface area contributed by atoms with Crippen molar-refractivity contribution in [1.82, 2.24) is 15.1 Å². The van der Waals surface area contributed by atoms with Crippen LogP contribution in [0.25, 0.3) is 0 Å². The number of para-hydroxylation sites is 1. The van der Waals surface area contributed by atoms with Gasteiger partial charge in [-0.05, 0) is 50.0 Å². The number of amides is 2. The van der Waals surface area contributed by atoms with Gasteiger partial charge in [0.2, 0.25) is 11.8 Å². The first-order chi connectivity index (χ1) is 16.4. The summed E-state index contributed by atoms with van der Waals surface area (Å²) < 4.78 is 18.9. The van der Waals surface area contributed by atoms with Gasteiger partial charge in [0.1, 0.15) is 5.82 Å². The zero-order chi connectivity index (χ0) is 24.2. The summed E-state index contributed by atoms with van der Waals surface area (Å²) in [7, 11) is 1.38. The number of hydrogen-bond acceptors (Lipinski definition) is 6. The third-order valence-corrected chi connectivity index (χ3v) is 7.46. The molecule has 184 valence electrons. The highest BCUT2D eigenvalue weighted by atomic mass is 32.1. The predicted octanol–water partition coefficient (Wildman–Crippen LogP) is 1.93. The van der Waals surface area contributed by atoms with Crippen molar-refractivity contribution in [3.63, 3.8) is 0 Å². The van der Waals surface area contributed by atoms with Gasteiger partial charge in [-0.3, -0.25) is 19.3 Å². The lowest BCUT2D eigenvalue weighted by Crippen LogP contribution is -2.61. The van der Waals surface area contributed by atoms with Gasteiger partial charge in [-0.1, -0.05) is 12.1 Å². The number of halogens is 1. The minimum atomic E-state index is -0.251. The molecular weight excluding hydrogens is 459 g/mol. The second kappa shape index (κ2) is 10.7. The third kappa shape index (κ3) is 5.16. The second-order valence-electron chi connectivity index (χ2n) is 9.11. The lowest BCUT2D eigenvalue weighted by atomic mass is 9.76. The normalized spacial score (nSPS) is 25.0. The molecule has 10 heteroatoms. The molecule has 8 nitrogen and oxygen atoms in total. The van der Waals surface area contributed by atoms with Gasteiger partial charge in [-0.2, -0.15) is 0 Å². The molecule has 2 saturated heterocycles. The number of methoxy groups -OCH3 is 1. The second-order valence-corrected chi connectivity index (χ2v) is 9.49. The number of nitrogens with zero attached hydrogens (tertiary/aromatic N) is 3. The van der Waals surface area contributed by atoms with E-state index >= 15 is 0 Å². The van der Waals surface area contributed by atoms with Crippen molar-refractivity contribution >= 4 is 40.8 Å². The number of ether oxygens (including phenoxy) is 1. The molecule has 2 aliphatic heterocycles. The number of carbonyl (C=O) groups is 3. The highest BCUT2D eigenvalue weighted by Crippen LogP contribution is 2.33. The van der Waals surface area contributed by atoms with Crippen LogP contribution in [-0.4, -0.2) is 78.6 Å². The topological polar surface area (TPSA) is 82.2 Å². The highest BCUT2D eigenvalue weighted by Gasteiger charge is 2.44. The molecule has 1 saturated carbocycles. The molecular formula is C24H31FN4O4S. The van der Waals surface area contributed by atoms with Crippen LogP contribution in [-0.2, 0) is 19.1 Å². The Balaban J connectivity index is 1.23. The third-order valence-electron chi connectivity index (χ3n) is 7.12. The molecule has 0 radical (unpaired) electrons. The maximum Gasteiger partial charge on any atom is 0.308 e. The van der Waals surface area contributed by atoms with Gasteiger partial charge in [0.25, 0.3) is 0 Å². The Labute approximate surface area is 204 Å². The molecule has 1 aliphatic carbocycles. The van der Waals surface area contributed by atoms with E-state index in [9.17, 15) is 18.8 Å². The minimum absolute atomic E-state index is 0.0250. The van der Waals surface area contributed by atoms with Gasteiger partial charge in [0.05, 0.1) is 24.6 Å². The van der Waals surface area contributed by atoms with Crippen LogP contribution < -0.4 is 10.2 Å². The smallest absolute Gasteiger partial charge is 0.308 e. The Morgan fingerprint density at radius 2 is 1.91 bits per heavy atom. The fourth-order valence-electron chi connectivity index (χ4n) is 5.21. The average molecular weight is 491 g/mol. The summed E-state index contributed by atoms with van der Waals surface area (Å²) >= 11 is 5.43. The standard InChI is InChI=1S/C24H31FN4O4S/c1-33-23(32)16-8-9-17-19(15-16)26-24(34)29(22(17)31)10-4-7-21(30)28-13-11-27(12-14-28)20-6-3-2-5-18(20)25/h2-3,5-6,16-17,19H,4,7-15H2,1H3,(H,26,34). The number of carbonyl (C=O) groups excluding carboxylic acids is 3. The lowest BCUT2D eigenvalue weighted by Gasteiger charge is -2.43. The van der Waals surface area contributed by atoms with Crippen LogP contribution in [0.15, 0.2) is 24.3 Å². The van der Waals surface area contributed by atoms with E-state index in [1.54, 1.807) is 21.9 Å². The number of hydrogen-bond donors (Lipinski definition) is 1. The van der Waals surface area contributed by atoms with Crippen LogP contribution in [0, 0.1) is 17.7 Å². The monoisotopic (exact) mass is 490 g/mol. The number of nitrogens with one attached hydrogen (secondary N) is 1. The van der Waals surface area contributed by atoms with E-state index < -0.39 is 0 Å². The zero-order valence-electron chi connectivity index (χ0n) is 19.4. The molecule has 3 fully saturated rings. The van der Waals surface area contributed by atoms with E-state index in [1.165, 1.54) is 13.2 Å². The van der Waals surface area contributed by atoms with E-state index in [4.69, 9.17) is 17.0 Å². The maximum atomic E-state index is 14.0. The van der Waals surface area contributed by atoms with Crippen molar-refractivity contribution in [1.29, 1.82) is 0 Å². The largest absolute Gasteiger partial charge is 0.469 e. The van der Waals surface area contributed by atoms with Crippen molar-refractivity contribution in [2.75, 3.05) is 44.7 Å². The highest BCUT2D eigenvalue weighted by molar-refractivity contribution is 7.80. The Morgan fingerprint density at radius 3 is 2.62 bits per heavy atom. The number of fused-ring (bicyclic) bond motifs is 1. The average Bonchev–Trinajstić information content (AvgIpc) is 2.85. The maximum absolute atomic E-state index is 14.0. The molecule has 0 bridgehead atoms. The first kappa shape index (κ1) is 24.4. The quantitative estimate of drug-likeness (QED) is 0.482. The number of anilines is 1. The predicted molar refractivity (Wildman–Crippen MR) is 129 cm³/mol. The van der Waals surface area contributed by atoms with Gasteiger partial charge < -0.3 is 19.9 Å². The Bertz CT molecular complexity index is 953. The number of piperazine rings is 1. The van der Waals surface area contributed by atoms with Crippen LogP contribution in [0.5, 0.6) is 0 Å². The molecule has 2 amide bonds. The summed E-state index contributed by atoms with van der Waals surface area (Å²) in [6.45, 7) is 2.64. The van der Waals surface area contributed by atoms with Crippen molar-refractivity contribution < 1.29 is 23.5 Å². The van der Waals surface area contributed by atoms with Crippen LogP contribution in [0.2, 0.25) is 0 Å². The van der Waals surface area contributed by atoms with Gasteiger partial charge in [-0.25, -0.2) is 4.39 Å². The number of thiocarbonyl (C=S) groups is 1. The van der Waals surface area contributed by atoms with Crippen LogP contribution >= 0.6 is 12.2 Å². The summed E-state index contributed by atoms with van der Waals surface area (Å²) in [5.74, 6) is -0.906. The van der Waals surface area contributed by atoms with E-state index in [0.717, 1.165) is 0 Å². The number of esters is 1. The van der Waals surface area contributed by atoms with Crippen molar-refractivity contribution in [2.45, 2.75) is 38.1 Å². The van der Waals surface area contributed by atoms with Crippen molar-refractivity contribution in [2.24, 2.45) is 11.8 Å². The minimum Gasteiger partial charge on any atom is -0.469 e. The van der Waals surface area contributed by atoms with E-state index in [0.29, 0.717) is 75.6 Å². The first-order valence-corrected chi connectivity index (χ1v) is 12.3. The lowest BCUT2D eigenvalue weighted by molar-refractivity contribution is -0.149. The molecule has 2 heterocycles. The van der Waals surface area contributed by atoms with Crippen LogP contribution in [0.1, 0.15) is 32.1 Å². The Hall–Kier alpha value is -2.75. The molecule has 1 aromatic rings. The Morgan fingerprint density at radius 1 is 1.18 bits per heavy atom. The van der Waals surface area contributed by atoms with E-state index in [2.05, 4.69) is 5.32 Å². The fraction of sp³-hybridized carbons (Fsp3) is 0.583. The van der Waals surface area contributed by atoms with Gasteiger partial charge in [0.15, 0.2) is 5.11 Å². The fourth-order valence-corrected chi connectivity index (χ4v) is 5.54. The zero-order valence-corrected chi connectivity index (χ0v) is 20.2. The molecule has 3 aliphatic rings. The Kier molecular flexibility index (Phi) is 7.65. The summed E-state index contributed by atoms with van der Waals surface area (Å²) in [6, 6.07) is 6.53. The molecule has 1 aromatic carbocycles. The van der Waals surface area contributed by atoms with Crippen molar-refractivity contribution in [3.8, 4) is 0 Å². The first-order valence-electron chi connectivity index (χ1n) is 11.9. The summed E-state index contributed by atoms with van der Waals surface area (Å²) in [5, 5.41) is 3.60. The molecule has 0 spiro atoms. The van der Waals surface area contributed by atoms with Gasteiger partial charge in [0, 0.05) is 45.2 Å². The molecule has 1 N–H and O–H groups in total. The van der Waals surface area contributed by atoms with E-state index in [1.807, 2.05) is 11.0 Å². The summed E-state index contributed by atoms with van der Waals surface area (Å²) in [5.41, 5.74) is 0.568. The van der Waals surface area contributed by atoms with Gasteiger partial charge >= 0.3 is 5.97 Å². The molecule has 0 aromatic heterocycles. The number of rotatable bonds is 6. The van der Waals surface area contributed by atoms with Crippen LogP contribution in [0.3, 0.4) is 0 Å². The van der Waals surface area contributed by atoms with Gasteiger partial charge in [-0.15, -0.1) is 0 Å². The molecule has 3 unspecified atom stereocenters. The summed E-state index contributed by atoms with van der Waals surface area (Å²) in [4.78, 5) is 43.0. The van der Waals surface area contributed by atoms with Crippen molar-refractivity contribution in [3.05, 3.63) is 30.1 Å². The molecule has 34 heavy (non-hydrogen) atoms. The number of benzene rings is 1.